The summed E-state index contributed by atoms with van der Waals surface area (Å²) >= 11 is 0. The van der Waals surface area contributed by atoms with Crippen molar-refractivity contribution in [1.82, 2.24) is 0 Å². The molecule has 0 saturated heterocycles. The van der Waals surface area contributed by atoms with E-state index in [1.165, 1.54) is 12.2 Å². The Bertz CT molecular complexity index is 135. The zero-order valence-electron chi connectivity index (χ0n) is 6.35. The van der Waals surface area contributed by atoms with Gasteiger partial charge in [0.25, 0.3) is 0 Å². The van der Waals surface area contributed by atoms with E-state index in [9.17, 15) is 0 Å². The first-order valence-electron chi connectivity index (χ1n) is 3.00. The van der Waals surface area contributed by atoms with Crippen molar-refractivity contribution in [2.45, 2.75) is 0 Å². The van der Waals surface area contributed by atoms with E-state index in [-0.39, 0.29) is 32.7 Å². The number of rotatable bonds is 1. The van der Waals surface area contributed by atoms with Gasteiger partial charge in [0, 0.05) is 32.7 Å². The number of allylic oxidation sites excluding steroid dienone is 2. The molecule has 0 N–H and O–H groups in total. The van der Waals surface area contributed by atoms with E-state index in [2.05, 4.69) is 0 Å². The molecule has 0 nitrogen and oxygen atoms in total. The van der Waals surface area contributed by atoms with Crippen LogP contribution in [-0.2, 0) is 32.7 Å². The van der Waals surface area contributed by atoms with Crippen LogP contribution in [0, 0.1) is 13.2 Å². The van der Waals surface area contributed by atoms with Crippen LogP contribution >= 0.6 is 0 Å². The molecule has 0 aliphatic heterocycles. The van der Waals surface area contributed by atoms with Crippen LogP contribution in [0.15, 0.2) is 48.6 Å². The maximum absolute atomic E-state index is 4.72. The van der Waals surface area contributed by atoms with Gasteiger partial charge in [-0.3, -0.25) is 0 Å². The number of hydrogen-bond donors (Lipinski definition) is 0. The van der Waals surface area contributed by atoms with Crippen molar-refractivity contribution >= 4 is 0 Å². The molecule has 0 saturated carbocycles. The quantitative estimate of drug-likeness (QED) is 0.503. The smallest absolute Gasteiger partial charge is 0 e. The molecule has 1 aromatic carbocycles. The number of benzene rings is 1. The van der Waals surface area contributed by atoms with Crippen LogP contribution in [0.2, 0.25) is 0 Å². The van der Waals surface area contributed by atoms with E-state index in [4.69, 9.17) is 13.2 Å². The standard InChI is InChI=1S/C6H6.C4H4.Y/c1-2-4-6-5-3-1;1-3-4-2;/h1-6H;1-4H;/q;-2;. The predicted molar refractivity (Wildman–Crippen MR) is 44.2 cm³/mol. The van der Waals surface area contributed by atoms with Crippen molar-refractivity contribution in [1.29, 1.82) is 0 Å². The minimum atomic E-state index is 0. The Kier molecular flexibility index (Phi) is 15.2. The number of hydrogen-bond acceptors (Lipinski definition) is 0. The van der Waals surface area contributed by atoms with Crippen LogP contribution in [-0.4, -0.2) is 0 Å². The predicted octanol–water partition coefficient (Wildman–Crippen LogP) is 2.65. The summed E-state index contributed by atoms with van der Waals surface area (Å²) in [6, 6.07) is 12.0. The van der Waals surface area contributed by atoms with Crippen molar-refractivity contribution in [3.05, 3.63) is 61.7 Å². The third-order valence-electron chi connectivity index (χ3n) is 0.778. The fraction of sp³-hybridized carbons (Fsp3) is 0. The molecule has 0 fully saturated rings. The molecule has 0 aliphatic carbocycles. The summed E-state index contributed by atoms with van der Waals surface area (Å²) in [6.45, 7) is 9.44. The summed E-state index contributed by atoms with van der Waals surface area (Å²) in [4.78, 5) is 0. The molecule has 0 bridgehead atoms. The first kappa shape index (κ1) is 13.4. The van der Waals surface area contributed by atoms with Gasteiger partial charge >= 0.3 is 0 Å². The Morgan fingerprint density at radius 3 is 0.909 bits per heavy atom. The van der Waals surface area contributed by atoms with Crippen LogP contribution in [0.1, 0.15) is 0 Å². The van der Waals surface area contributed by atoms with E-state index in [1.807, 2.05) is 36.4 Å². The Balaban J connectivity index is 0. The largest absolute Gasteiger partial charge is 0.394 e. The average Bonchev–Trinajstić information content (AvgIpc) is 2.08. The van der Waals surface area contributed by atoms with Gasteiger partial charge in [-0.15, -0.1) is 0 Å². The third-order valence-corrected chi connectivity index (χ3v) is 0.778. The molecule has 1 rings (SSSR count). The monoisotopic (exact) mass is 219 g/mol. The molecule has 11 heavy (non-hydrogen) atoms. The Labute approximate surface area is 93.9 Å². The van der Waals surface area contributed by atoms with Crippen molar-refractivity contribution in [2.24, 2.45) is 0 Å². The van der Waals surface area contributed by atoms with Gasteiger partial charge in [-0.1, -0.05) is 36.4 Å². The van der Waals surface area contributed by atoms with E-state index in [1.54, 1.807) is 0 Å². The van der Waals surface area contributed by atoms with Crippen LogP contribution in [0.25, 0.3) is 0 Å². The Morgan fingerprint density at radius 1 is 0.636 bits per heavy atom. The second-order valence-corrected chi connectivity index (χ2v) is 1.54. The van der Waals surface area contributed by atoms with E-state index in [0.29, 0.717) is 0 Å². The van der Waals surface area contributed by atoms with Gasteiger partial charge in [0.05, 0.1) is 0 Å². The van der Waals surface area contributed by atoms with E-state index < -0.39 is 0 Å². The summed E-state index contributed by atoms with van der Waals surface area (Å²) in [5.41, 5.74) is 0. The molecule has 0 atom stereocenters. The molecule has 1 radical (unpaired) electrons. The zero-order valence-corrected chi connectivity index (χ0v) is 9.19. The average molecular weight is 219 g/mol. The first-order chi connectivity index (χ1) is 4.91. The topological polar surface area (TPSA) is 0 Å². The first-order valence-corrected chi connectivity index (χ1v) is 3.00. The molecule has 0 unspecified atom stereocenters. The van der Waals surface area contributed by atoms with E-state index >= 15 is 0 Å². The minimum absolute atomic E-state index is 0. The Hall–Kier alpha value is -0.196. The molecule has 1 aromatic rings. The molecule has 0 amide bonds. The van der Waals surface area contributed by atoms with Crippen molar-refractivity contribution in [3.63, 3.8) is 0 Å². The van der Waals surface area contributed by atoms with Crippen LogP contribution in [0.3, 0.4) is 0 Å². The summed E-state index contributed by atoms with van der Waals surface area (Å²) in [7, 11) is 0. The van der Waals surface area contributed by atoms with Gasteiger partial charge in [0.2, 0.25) is 0 Å². The molecule has 0 spiro atoms. The molecular formula is C10H10Y-2. The SMILES string of the molecule is [CH-]=CC=[CH-].[Y].c1ccccc1. The maximum atomic E-state index is 4.72. The maximum Gasteiger partial charge on any atom is 0 e. The second-order valence-electron chi connectivity index (χ2n) is 1.54. The molecular weight excluding hydrogens is 209 g/mol. The molecule has 0 aromatic heterocycles. The molecule has 0 aliphatic rings. The second kappa shape index (κ2) is 12.5. The van der Waals surface area contributed by atoms with Gasteiger partial charge in [-0.2, -0.15) is 0 Å². The summed E-state index contributed by atoms with van der Waals surface area (Å²) < 4.78 is 0. The molecule has 55 valence electrons. The third kappa shape index (κ3) is 12.9. The van der Waals surface area contributed by atoms with Gasteiger partial charge in [0.15, 0.2) is 0 Å². The fourth-order valence-electron chi connectivity index (χ4n) is 0.385. The van der Waals surface area contributed by atoms with Crippen molar-refractivity contribution in [3.8, 4) is 0 Å². The van der Waals surface area contributed by atoms with Crippen molar-refractivity contribution < 1.29 is 32.7 Å². The summed E-state index contributed by atoms with van der Waals surface area (Å²) in [5.74, 6) is 0. The van der Waals surface area contributed by atoms with Gasteiger partial charge in [0.1, 0.15) is 0 Å². The fourth-order valence-corrected chi connectivity index (χ4v) is 0.385. The van der Waals surface area contributed by atoms with Crippen LogP contribution < -0.4 is 0 Å². The van der Waals surface area contributed by atoms with E-state index in [0.717, 1.165) is 0 Å². The summed E-state index contributed by atoms with van der Waals surface area (Å²) in [6.07, 6.45) is 2.56. The van der Waals surface area contributed by atoms with Gasteiger partial charge in [-0.05, 0) is 0 Å². The normalized spacial score (nSPS) is 6.18. The van der Waals surface area contributed by atoms with Crippen LogP contribution in [0.5, 0.6) is 0 Å². The molecule has 1 heteroatoms. The van der Waals surface area contributed by atoms with Crippen LogP contribution in [0.4, 0.5) is 0 Å². The van der Waals surface area contributed by atoms with Gasteiger partial charge < -0.3 is 25.3 Å². The van der Waals surface area contributed by atoms with Gasteiger partial charge in [-0.25, -0.2) is 0 Å². The van der Waals surface area contributed by atoms with Crippen molar-refractivity contribution in [2.75, 3.05) is 0 Å². The molecule has 0 heterocycles. The minimum Gasteiger partial charge on any atom is -0.394 e. The Morgan fingerprint density at radius 2 is 0.818 bits per heavy atom. The zero-order chi connectivity index (χ0) is 7.66. The summed E-state index contributed by atoms with van der Waals surface area (Å²) in [5, 5.41) is 0.